The van der Waals surface area contributed by atoms with Gasteiger partial charge in [-0.2, -0.15) is 0 Å². The molecule has 3 unspecified atom stereocenters. The lowest BCUT2D eigenvalue weighted by atomic mass is 10.4. The number of benzene rings is 1. The molecule has 3 atom stereocenters. The molecule has 168 valence electrons. The number of rotatable bonds is 13. The van der Waals surface area contributed by atoms with Crippen molar-refractivity contribution in [3.05, 3.63) is 30.3 Å². The molecule has 0 radical (unpaired) electrons. The van der Waals surface area contributed by atoms with Crippen LogP contribution < -0.4 is 5.19 Å². The molecule has 0 aliphatic heterocycles. The molecule has 6 nitrogen and oxygen atoms in total. The molecule has 1 N–H and O–H groups in total. The summed E-state index contributed by atoms with van der Waals surface area (Å²) in [6, 6.07) is 10.2. The van der Waals surface area contributed by atoms with Gasteiger partial charge in [-0.3, -0.25) is 0 Å². The van der Waals surface area contributed by atoms with Gasteiger partial charge in [-0.25, -0.2) is 0 Å². The van der Waals surface area contributed by atoms with Gasteiger partial charge in [-0.1, -0.05) is 30.3 Å². The summed E-state index contributed by atoms with van der Waals surface area (Å²) in [5, 5.41) is 10.1. The van der Waals surface area contributed by atoms with E-state index in [1.54, 1.807) is 0 Å². The van der Waals surface area contributed by atoms with Crippen LogP contribution in [0.3, 0.4) is 0 Å². The number of hydrogen-bond acceptors (Lipinski definition) is 6. The molecule has 0 bridgehead atoms. The molecule has 0 fully saturated rings. The SMILES string of the molecule is CC(CO[Si](C)(O[Si](C)(C)C)O[Si](C)(O[Si](C)(C)C)c1ccccc1)OCCO. The van der Waals surface area contributed by atoms with Crippen LogP contribution in [-0.4, -0.2) is 65.0 Å². The van der Waals surface area contributed by atoms with E-state index in [0.29, 0.717) is 6.61 Å². The van der Waals surface area contributed by atoms with Gasteiger partial charge < -0.3 is 26.6 Å². The predicted octanol–water partition coefficient (Wildman–Crippen LogP) is 3.67. The first-order valence-corrected chi connectivity index (χ1v) is 21.6. The Hall–Kier alpha value is -0.152. The van der Waals surface area contributed by atoms with Gasteiger partial charge in [-0.05, 0) is 57.9 Å². The summed E-state index contributed by atoms with van der Waals surface area (Å²) >= 11 is 0. The highest BCUT2D eigenvalue weighted by atomic mass is 28.5. The molecule has 0 aromatic heterocycles. The Morgan fingerprint density at radius 1 is 0.828 bits per heavy atom. The Balaban J connectivity index is 3.16. The van der Waals surface area contributed by atoms with Crippen LogP contribution in [0.15, 0.2) is 30.3 Å². The molecule has 0 amide bonds. The second-order valence-electron chi connectivity index (χ2n) is 9.42. The second-order valence-corrected chi connectivity index (χ2v) is 24.8. The van der Waals surface area contributed by atoms with Gasteiger partial charge >= 0.3 is 17.4 Å². The van der Waals surface area contributed by atoms with Crippen LogP contribution in [0.4, 0.5) is 0 Å². The Morgan fingerprint density at radius 2 is 1.38 bits per heavy atom. The lowest BCUT2D eigenvalue weighted by Gasteiger charge is -2.42. The first kappa shape index (κ1) is 26.9. The highest BCUT2D eigenvalue weighted by molar-refractivity contribution is 6.93. The summed E-state index contributed by atoms with van der Waals surface area (Å²) in [5.41, 5.74) is 0. The number of aliphatic hydroxyl groups is 1. The monoisotopic (exact) mass is 476 g/mol. The highest BCUT2D eigenvalue weighted by Crippen LogP contribution is 2.25. The fraction of sp³-hybridized carbons (Fsp3) is 0.684. The molecule has 10 heteroatoms. The molecule has 0 heterocycles. The quantitative estimate of drug-likeness (QED) is 0.438. The minimum atomic E-state index is -3.03. The fourth-order valence-electron chi connectivity index (χ4n) is 3.02. The van der Waals surface area contributed by atoms with Gasteiger partial charge in [0.2, 0.25) is 0 Å². The molecule has 0 saturated carbocycles. The zero-order chi connectivity index (χ0) is 22.3. The Kier molecular flexibility index (Phi) is 10.1. The number of aliphatic hydroxyl groups excluding tert-OH is 1. The minimum absolute atomic E-state index is 0.00994. The van der Waals surface area contributed by atoms with Crippen molar-refractivity contribution >= 4 is 39.2 Å². The molecule has 0 spiro atoms. The van der Waals surface area contributed by atoms with E-state index in [4.69, 9.17) is 26.6 Å². The van der Waals surface area contributed by atoms with E-state index in [1.165, 1.54) is 0 Å². The van der Waals surface area contributed by atoms with Gasteiger partial charge in [0.05, 0.1) is 25.9 Å². The standard InChI is InChI=1S/C19H40O6Si4/c1-18(21-16-15-20)17-22-29(9,24-27(5,6)7)25-28(8,23-26(2,3)4)19-13-11-10-12-14-19/h10-14,18,20H,15-17H2,1-9H3. The molecular weight excluding hydrogens is 437 g/mol. The normalized spacial score (nSPS) is 18.1. The van der Waals surface area contributed by atoms with Crippen LogP contribution in [0.25, 0.3) is 0 Å². The fourth-order valence-corrected chi connectivity index (χ4v) is 18.8. The average Bonchev–Trinajstić information content (AvgIpc) is 2.55. The maximum absolute atomic E-state index is 8.98. The minimum Gasteiger partial charge on any atom is -0.433 e. The predicted molar refractivity (Wildman–Crippen MR) is 128 cm³/mol. The van der Waals surface area contributed by atoms with Crippen LogP contribution in [0, 0.1) is 0 Å². The van der Waals surface area contributed by atoms with E-state index in [0.717, 1.165) is 5.19 Å². The zero-order valence-corrected chi connectivity index (χ0v) is 23.6. The van der Waals surface area contributed by atoms with Crippen molar-refractivity contribution < 1.29 is 26.6 Å². The molecular formula is C19H40O6Si4. The average molecular weight is 477 g/mol. The van der Waals surface area contributed by atoms with Crippen molar-refractivity contribution in [2.75, 3.05) is 19.8 Å². The molecule has 1 aromatic carbocycles. The number of hydrogen-bond donors (Lipinski definition) is 1. The maximum atomic E-state index is 8.98. The van der Waals surface area contributed by atoms with E-state index >= 15 is 0 Å². The Labute approximate surface area is 181 Å². The first-order chi connectivity index (χ1) is 13.2. The second kappa shape index (κ2) is 10.9. The summed E-state index contributed by atoms with van der Waals surface area (Å²) in [6.45, 7) is 19.5. The van der Waals surface area contributed by atoms with Crippen molar-refractivity contribution in [3.63, 3.8) is 0 Å². The third kappa shape index (κ3) is 10.6. The van der Waals surface area contributed by atoms with Crippen LogP contribution in [0.2, 0.25) is 52.4 Å². The molecule has 1 rings (SSSR count). The lowest BCUT2D eigenvalue weighted by Crippen LogP contribution is -2.64. The van der Waals surface area contributed by atoms with E-state index in [1.807, 2.05) is 31.7 Å². The largest absolute Gasteiger partial charge is 0.478 e. The van der Waals surface area contributed by atoms with E-state index in [2.05, 4.69) is 58.0 Å². The third-order valence-corrected chi connectivity index (χ3v) is 16.8. The van der Waals surface area contributed by atoms with Gasteiger partial charge in [0, 0.05) is 6.55 Å². The van der Waals surface area contributed by atoms with Crippen LogP contribution in [0.5, 0.6) is 0 Å². The van der Waals surface area contributed by atoms with Crippen molar-refractivity contribution in [1.82, 2.24) is 0 Å². The Morgan fingerprint density at radius 3 is 1.86 bits per heavy atom. The summed E-state index contributed by atoms with van der Waals surface area (Å²) < 4.78 is 31.8. The highest BCUT2D eigenvalue weighted by Gasteiger charge is 2.50. The molecule has 0 aliphatic carbocycles. The van der Waals surface area contributed by atoms with Crippen molar-refractivity contribution in [1.29, 1.82) is 0 Å². The van der Waals surface area contributed by atoms with Crippen molar-refractivity contribution in [3.8, 4) is 0 Å². The Bertz CT molecular complexity index is 607. The summed E-state index contributed by atoms with van der Waals surface area (Å²) in [7, 11) is -9.64. The van der Waals surface area contributed by atoms with Crippen LogP contribution >= 0.6 is 0 Å². The number of ether oxygens (including phenoxy) is 1. The van der Waals surface area contributed by atoms with Gasteiger partial charge in [0.25, 0.3) is 0 Å². The molecule has 1 aromatic rings. The topological polar surface area (TPSA) is 66.4 Å². The van der Waals surface area contributed by atoms with Gasteiger partial charge in [-0.15, -0.1) is 0 Å². The molecule has 29 heavy (non-hydrogen) atoms. The third-order valence-electron chi connectivity index (χ3n) is 3.74. The van der Waals surface area contributed by atoms with E-state index < -0.39 is 34.0 Å². The lowest BCUT2D eigenvalue weighted by molar-refractivity contribution is -0.000508. The summed E-state index contributed by atoms with van der Waals surface area (Å²) in [4.78, 5) is 0. The van der Waals surface area contributed by atoms with Crippen molar-refractivity contribution in [2.24, 2.45) is 0 Å². The van der Waals surface area contributed by atoms with Crippen LogP contribution in [0.1, 0.15) is 6.92 Å². The maximum Gasteiger partial charge on any atom is 0.478 e. The summed E-state index contributed by atoms with van der Waals surface area (Å²) in [6.07, 6.45) is -0.162. The van der Waals surface area contributed by atoms with E-state index in [9.17, 15) is 0 Å². The molecule has 0 aliphatic rings. The smallest absolute Gasteiger partial charge is 0.433 e. The summed E-state index contributed by atoms with van der Waals surface area (Å²) in [5.74, 6) is 0. The van der Waals surface area contributed by atoms with E-state index in [-0.39, 0.29) is 19.3 Å². The first-order valence-electron chi connectivity index (χ1n) is 10.2. The van der Waals surface area contributed by atoms with Crippen molar-refractivity contribution in [2.45, 2.75) is 65.4 Å². The van der Waals surface area contributed by atoms with Crippen LogP contribution in [-0.2, 0) is 21.5 Å². The zero-order valence-electron chi connectivity index (χ0n) is 19.6. The van der Waals surface area contributed by atoms with Gasteiger partial charge in [0.15, 0.2) is 16.6 Å². The van der Waals surface area contributed by atoms with Gasteiger partial charge in [0.1, 0.15) is 0 Å². The molecule has 0 saturated heterocycles.